The quantitative estimate of drug-likeness (QED) is 0.147. The minimum atomic E-state index is -4.14. The van der Waals surface area contributed by atoms with Crippen molar-refractivity contribution < 1.29 is 18.0 Å². The summed E-state index contributed by atoms with van der Waals surface area (Å²) in [6, 6.07) is 30.9. The highest BCUT2D eigenvalue weighted by molar-refractivity contribution is 7.92. The molecule has 1 atom stereocenters. The van der Waals surface area contributed by atoms with Crippen LogP contribution in [0, 0.1) is 0 Å². The third-order valence-electron chi connectivity index (χ3n) is 7.59. The predicted octanol–water partition coefficient (Wildman–Crippen LogP) is 6.65. The highest BCUT2D eigenvalue weighted by Crippen LogP contribution is 2.26. The van der Waals surface area contributed by atoms with Gasteiger partial charge in [0.2, 0.25) is 11.8 Å². The van der Waals surface area contributed by atoms with E-state index in [2.05, 4.69) is 5.32 Å². The van der Waals surface area contributed by atoms with Gasteiger partial charge >= 0.3 is 0 Å². The number of rotatable bonds is 15. The van der Waals surface area contributed by atoms with E-state index in [9.17, 15) is 18.0 Å². The molecule has 0 spiro atoms. The minimum Gasteiger partial charge on any atom is -0.354 e. The lowest BCUT2D eigenvalue weighted by Gasteiger charge is -2.34. The van der Waals surface area contributed by atoms with E-state index in [0.29, 0.717) is 17.3 Å². The molecule has 1 N–H and O–H groups in total. The van der Waals surface area contributed by atoms with Crippen molar-refractivity contribution in [1.29, 1.82) is 0 Å². The number of nitrogens with one attached hydrogen (secondary N) is 1. The number of anilines is 1. The van der Waals surface area contributed by atoms with Gasteiger partial charge in [0.05, 0.1) is 10.6 Å². The predicted molar refractivity (Wildman–Crippen MR) is 181 cm³/mol. The zero-order valence-corrected chi connectivity index (χ0v) is 27.3. The topological polar surface area (TPSA) is 86.8 Å². The zero-order chi connectivity index (χ0) is 32.2. The number of sulfonamides is 1. The monoisotopic (exact) mass is 645 g/mol. The van der Waals surface area contributed by atoms with E-state index in [4.69, 9.17) is 11.6 Å². The summed E-state index contributed by atoms with van der Waals surface area (Å²) in [5.41, 5.74) is 3.00. The molecule has 45 heavy (non-hydrogen) atoms. The maximum absolute atomic E-state index is 14.5. The number of aryl methyl sites for hydroxylation is 1. The van der Waals surface area contributed by atoms with Gasteiger partial charge in [-0.25, -0.2) is 8.42 Å². The third kappa shape index (κ3) is 9.19. The van der Waals surface area contributed by atoms with Crippen LogP contribution < -0.4 is 9.62 Å². The number of carbonyl (C=O) groups is 2. The average Bonchev–Trinajstić information content (AvgIpc) is 3.06. The Morgan fingerprint density at radius 3 is 2.07 bits per heavy atom. The Balaban J connectivity index is 1.78. The Kier molecular flexibility index (Phi) is 12.2. The summed E-state index contributed by atoms with van der Waals surface area (Å²) in [6.45, 7) is 4.08. The van der Waals surface area contributed by atoms with Crippen LogP contribution in [0.2, 0.25) is 5.02 Å². The van der Waals surface area contributed by atoms with E-state index in [0.717, 1.165) is 40.3 Å². The van der Waals surface area contributed by atoms with Gasteiger partial charge in [-0.1, -0.05) is 105 Å². The summed E-state index contributed by atoms with van der Waals surface area (Å²) in [6.07, 6.45) is 2.73. The van der Waals surface area contributed by atoms with E-state index in [1.807, 2.05) is 62.4 Å². The smallest absolute Gasteiger partial charge is 0.264 e. The van der Waals surface area contributed by atoms with Gasteiger partial charge in [-0.3, -0.25) is 13.9 Å². The van der Waals surface area contributed by atoms with Crippen molar-refractivity contribution >= 4 is 39.1 Å². The molecule has 7 nitrogen and oxygen atoms in total. The standard InChI is InChI=1S/C36H40ClN3O4S/c1-3-5-23-38-36(42)34(25-29-13-8-6-9-14-29)39(26-30-15-12-16-31(37)24-30)35(41)27-40(32-21-19-28(4-2)20-22-32)45(43,44)33-17-10-7-11-18-33/h6-22,24,34H,3-5,23,25-27H2,1-2H3,(H,38,42)/t34-/m1/s1. The number of benzene rings is 4. The summed E-state index contributed by atoms with van der Waals surface area (Å²) in [5, 5.41) is 3.50. The fraction of sp³-hybridized carbons (Fsp3) is 0.278. The Hall–Kier alpha value is -4.14. The SMILES string of the molecule is CCCCNC(=O)[C@@H](Cc1ccccc1)N(Cc1cccc(Cl)c1)C(=O)CN(c1ccc(CC)cc1)S(=O)(=O)c1ccccc1. The zero-order valence-electron chi connectivity index (χ0n) is 25.7. The van der Waals surface area contributed by atoms with Crippen molar-refractivity contribution in [3.63, 3.8) is 0 Å². The average molecular weight is 646 g/mol. The number of halogens is 1. The van der Waals surface area contributed by atoms with Gasteiger partial charge in [-0.15, -0.1) is 0 Å². The van der Waals surface area contributed by atoms with Crippen LogP contribution in [0.5, 0.6) is 0 Å². The molecule has 0 aliphatic rings. The summed E-state index contributed by atoms with van der Waals surface area (Å²) in [5.74, 6) is -0.812. The number of amides is 2. The first kappa shape index (κ1) is 33.7. The molecule has 0 unspecified atom stereocenters. The van der Waals surface area contributed by atoms with E-state index >= 15 is 0 Å². The van der Waals surface area contributed by atoms with Gasteiger partial charge in [0, 0.05) is 24.5 Å². The van der Waals surface area contributed by atoms with Crippen LogP contribution in [-0.2, 0) is 39.0 Å². The third-order valence-corrected chi connectivity index (χ3v) is 9.61. The van der Waals surface area contributed by atoms with Crippen molar-refractivity contribution in [1.82, 2.24) is 10.2 Å². The molecule has 4 aromatic carbocycles. The van der Waals surface area contributed by atoms with Crippen molar-refractivity contribution in [2.24, 2.45) is 0 Å². The first-order valence-corrected chi connectivity index (χ1v) is 17.1. The van der Waals surface area contributed by atoms with Gasteiger partial charge in [0.15, 0.2) is 0 Å². The first-order valence-electron chi connectivity index (χ1n) is 15.2. The molecule has 0 saturated heterocycles. The lowest BCUT2D eigenvalue weighted by atomic mass is 10.0. The molecular formula is C36H40ClN3O4S. The van der Waals surface area contributed by atoms with Gasteiger partial charge < -0.3 is 10.2 Å². The maximum atomic E-state index is 14.5. The normalized spacial score (nSPS) is 11.9. The lowest BCUT2D eigenvalue weighted by molar-refractivity contribution is -0.140. The Labute approximate surface area is 271 Å². The van der Waals surface area contributed by atoms with Crippen LogP contribution in [0.3, 0.4) is 0 Å². The molecule has 0 aliphatic heterocycles. The van der Waals surface area contributed by atoms with E-state index in [1.165, 1.54) is 17.0 Å². The van der Waals surface area contributed by atoms with Gasteiger partial charge in [-0.2, -0.15) is 0 Å². The Morgan fingerprint density at radius 2 is 1.44 bits per heavy atom. The number of carbonyl (C=O) groups excluding carboxylic acids is 2. The fourth-order valence-electron chi connectivity index (χ4n) is 5.04. The molecule has 0 aliphatic carbocycles. The Bertz CT molecular complexity index is 1650. The van der Waals surface area contributed by atoms with E-state index in [-0.39, 0.29) is 23.8 Å². The molecular weight excluding hydrogens is 606 g/mol. The molecule has 0 aromatic heterocycles. The lowest BCUT2D eigenvalue weighted by Crippen LogP contribution is -2.53. The summed E-state index contributed by atoms with van der Waals surface area (Å²) >= 11 is 6.31. The number of nitrogens with zero attached hydrogens (tertiary/aromatic N) is 2. The molecule has 0 bridgehead atoms. The molecule has 0 radical (unpaired) electrons. The summed E-state index contributed by atoms with van der Waals surface area (Å²) in [4.78, 5) is 29.8. The molecule has 0 heterocycles. The number of hydrogen-bond donors (Lipinski definition) is 1. The summed E-state index contributed by atoms with van der Waals surface area (Å²) < 4.78 is 29.3. The fourth-order valence-corrected chi connectivity index (χ4v) is 6.69. The van der Waals surface area contributed by atoms with Gasteiger partial charge in [-0.05, 0) is 65.9 Å². The van der Waals surface area contributed by atoms with Crippen LogP contribution >= 0.6 is 11.6 Å². The summed E-state index contributed by atoms with van der Waals surface area (Å²) in [7, 11) is -4.14. The van der Waals surface area contributed by atoms with Crippen LogP contribution in [0.1, 0.15) is 43.4 Å². The van der Waals surface area contributed by atoms with Crippen LogP contribution in [0.4, 0.5) is 5.69 Å². The second kappa shape index (κ2) is 16.3. The molecule has 9 heteroatoms. The molecule has 0 saturated carbocycles. The van der Waals surface area contributed by atoms with E-state index < -0.39 is 28.5 Å². The van der Waals surface area contributed by atoms with Crippen molar-refractivity contribution in [3.8, 4) is 0 Å². The largest absolute Gasteiger partial charge is 0.354 e. The second-order valence-electron chi connectivity index (χ2n) is 10.8. The number of hydrogen-bond acceptors (Lipinski definition) is 4. The van der Waals surface area contributed by atoms with Gasteiger partial charge in [0.1, 0.15) is 12.6 Å². The maximum Gasteiger partial charge on any atom is 0.264 e. The second-order valence-corrected chi connectivity index (χ2v) is 13.1. The van der Waals surface area contributed by atoms with E-state index in [1.54, 1.807) is 48.5 Å². The van der Waals surface area contributed by atoms with Crippen molar-refractivity contribution in [3.05, 3.63) is 131 Å². The highest BCUT2D eigenvalue weighted by atomic mass is 35.5. The van der Waals surface area contributed by atoms with Crippen molar-refractivity contribution in [2.45, 2.75) is 57.0 Å². The molecule has 236 valence electrons. The molecule has 4 aromatic rings. The number of unbranched alkanes of at least 4 members (excludes halogenated alkanes) is 1. The first-order chi connectivity index (χ1) is 21.7. The molecule has 4 rings (SSSR count). The van der Waals surface area contributed by atoms with Crippen molar-refractivity contribution in [2.75, 3.05) is 17.4 Å². The van der Waals surface area contributed by atoms with Crippen LogP contribution in [0.25, 0.3) is 0 Å². The van der Waals surface area contributed by atoms with Crippen LogP contribution in [0.15, 0.2) is 114 Å². The highest BCUT2D eigenvalue weighted by Gasteiger charge is 2.34. The minimum absolute atomic E-state index is 0.0616. The Morgan fingerprint density at radius 1 is 0.800 bits per heavy atom. The molecule has 0 fully saturated rings. The van der Waals surface area contributed by atoms with Gasteiger partial charge in [0.25, 0.3) is 10.0 Å². The molecule has 2 amide bonds. The van der Waals surface area contributed by atoms with Crippen LogP contribution in [-0.4, -0.2) is 44.3 Å².